The molecular weight excluding hydrogens is 775 g/mol. The third-order valence-electron chi connectivity index (χ3n) is 12.4. The number of para-hydroxylation sites is 1. The van der Waals surface area contributed by atoms with Crippen molar-refractivity contribution in [1.29, 1.82) is 0 Å². The van der Waals surface area contributed by atoms with Crippen molar-refractivity contribution in [2.45, 2.75) is 50.5 Å². The van der Waals surface area contributed by atoms with E-state index in [4.69, 9.17) is 0 Å². The molecule has 8 rings (SSSR count). The number of rotatable bonds is 18. The van der Waals surface area contributed by atoms with Gasteiger partial charge in [-0.05, 0) is 146 Å². The second kappa shape index (κ2) is 21.1. The molecule has 3 aliphatic carbocycles. The van der Waals surface area contributed by atoms with Crippen molar-refractivity contribution < 1.29 is 0 Å². The van der Waals surface area contributed by atoms with Gasteiger partial charge in [-0.25, -0.2) is 0 Å². The van der Waals surface area contributed by atoms with Gasteiger partial charge in [0.2, 0.25) is 0 Å². The second-order valence-corrected chi connectivity index (χ2v) is 16.4. The first kappa shape index (κ1) is 43.3. The third kappa shape index (κ3) is 9.80. The van der Waals surface area contributed by atoms with Crippen LogP contribution in [0.25, 0.3) is 11.1 Å². The second-order valence-electron chi connectivity index (χ2n) is 16.4. The highest BCUT2D eigenvalue weighted by atomic mass is 15.2. The van der Waals surface area contributed by atoms with E-state index in [2.05, 4.69) is 235 Å². The molecule has 0 saturated heterocycles. The molecule has 0 spiro atoms. The summed E-state index contributed by atoms with van der Waals surface area (Å²) < 4.78 is 0. The smallest absolute Gasteiger partial charge is 0.0561 e. The maximum atomic E-state index is 4.20. The Morgan fingerprint density at radius 2 is 1.28 bits per heavy atom. The van der Waals surface area contributed by atoms with Crippen LogP contribution in [-0.4, -0.2) is 6.04 Å². The van der Waals surface area contributed by atoms with Crippen molar-refractivity contribution in [1.82, 2.24) is 0 Å². The molecule has 5 aromatic rings. The number of nitrogens with zero attached hydrogens (tertiary/aromatic N) is 3. The Kier molecular flexibility index (Phi) is 14.3. The molecule has 0 saturated carbocycles. The van der Waals surface area contributed by atoms with E-state index >= 15 is 0 Å². The average Bonchev–Trinajstić information content (AvgIpc) is 3.36. The van der Waals surface area contributed by atoms with Crippen LogP contribution in [0.15, 0.2) is 268 Å². The zero-order chi connectivity index (χ0) is 44.1. The van der Waals surface area contributed by atoms with Crippen LogP contribution in [0.2, 0.25) is 0 Å². The van der Waals surface area contributed by atoms with Crippen molar-refractivity contribution in [3.8, 4) is 11.1 Å². The summed E-state index contributed by atoms with van der Waals surface area (Å²) in [6.45, 7) is 16.4. The summed E-state index contributed by atoms with van der Waals surface area (Å²) in [5.41, 5.74) is 14.0. The summed E-state index contributed by atoms with van der Waals surface area (Å²) in [6, 6.07) is 48.4. The fourth-order valence-corrected chi connectivity index (χ4v) is 9.26. The molecule has 3 heteroatoms. The summed E-state index contributed by atoms with van der Waals surface area (Å²) >= 11 is 0. The molecule has 0 aromatic heterocycles. The van der Waals surface area contributed by atoms with E-state index in [1.54, 1.807) is 0 Å². The van der Waals surface area contributed by atoms with Gasteiger partial charge in [-0.3, -0.25) is 0 Å². The van der Waals surface area contributed by atoms with Gasteiger partial charge in [0, 0.05) is 51.5 Å². The molecule has 0 radical (unpaired) electrons. The Balaban J connectivity index is 1.04. The number of hydrogen-bond donors (Lipinski definition) is 0. The molecule has 3 unspecified atom stereocenters. The zero-order valence-electron chi connectivity index (χ0n) is 36.9. The molecule has 3 atom stereocenters. The van der Waals surface area contributed by atoms with Crippen LogP contribution in [0.4, 0.5) is 22.7 Å². The van der Waals surface area contributed by atoms with Crippen molar-refractivity contribution in [2.24, 2.45) is 5.92 Å². The Morgan fingerprint density at radius 3 is 1.84 bits per heavy atom. The van der Waals surface area contributed by atoms with E-state index in [1.165, 1.54) is 45.2 Å². The Morgan fingerprint density at radius 1 is 0.625 bits per heavy atom. The van der Waals surface area contributed by atoms with E-state index in [0.717, 1.165) is 61.2 Å². The first-order valence-corrected chi connectivity index (χ1v) is 22.7. The highest BCUT2D eigenvalue weighted by Crippen LogP contribution is 2.39. The normalized spacial score (nSPS) is 16.7. The molecule has 0 N–H and O–H groups in total. The highest BCUT2D eigenvalue weighted by molar-refractivity contribution is 5.75. The Labute approximate surface area is 382 Å². The molecule has 3 aliphatic rings. The summed E-state index contributed by atoms with van der Waals surface area (Å²) in [4.78, 5) is 7.17. The minimum atomic E-state index is 0.164. The molecule has 0 bridgehead atoms. The summed E-state index contributed by atoms with van der Waals surface area (Å²) in [6.07, 6.45) is 36.5. The van der Waals surface area contributed by atoms with Crippen LogP contribution in [0.3, 0.4) is 0 Å². The van der Waals surface area contributed by atoms with Crippen LogP contribution in [0.5, 0.6) is 0 Å². The van der Waals surface area contributed by atoms with Crippen LogP contribution >= 0.6 is 0 Å². The Bertz CT molecular complexity index is 2620. The van der Waals surface area contributed by atoms with Gasteiger partial charge in [-0.15, -0.1) is 13.2 Å². The minimum absolute atomic E-state index is 0.164. The van der Waals surface area contributed by atoms with Gasteiger partial charge < -0.3 is 14.7 Å². The van der Waals surface area contributed by atoms with Gasteiger partial charge in [0.25, 0.3) is 0 Å². The maximum Gasteiger partial charge on any atom is 0.0561 e. The van der Waals surface area contributed by atoms with Crippen LogP contribution in [0.1, 0.15) is 55.6 Å². The number of anilines is 4. The van der Waals surface area contributed by atoms with Crippen LogP contribution < -0.4 is 14.7 Å². The van der Waals surface area contributed by atoms with E-state index in [1.807, 2.05) is 24.3 Å². The fourth-order valence-electron chi connectivity index (χ4n) is 9.26. The van der Waals surface area contributed by atoms with Gasteiger partial charge in [-0.2, -0.15) is 0 Å². The first-order valence-electron chi connectivity index (χ1n) is 22.7. The lowest BCUT2D eigenvalue weighted by Crippen LogP contribution is -2.35. The minimum Gasteiger partial charge on any atom is -0.335 e. The first-order chi connectivity index (χ1) is 31.6. The molecule has 3 nitrogen and oxygen atoms in total. The van der Waals surface area contributed by atoms with Gasteiger partial charge in [0.1, 0.15) is 0 Å². The van der Waals surface area contributed by atoms with E-state index in [9.17, 15) is 0 Å². The largest absolute Gasteiger partial charge is 0.335 e. The average molecular weight is 834 g/mol. The SMILES string of the molecule is C=CC=C(C=C)N(c1ccc(-c2ccc(N(C3=CCCC=C3)C3C=CC(N(C4=CC=CCC4)c4ccccc4)=CC3)cc2)cc1)c1ccc(C(c2ccccc2)C(C=C)CC=C)cc1. The van der Waals surface area contributed by atoms with Crippen molar-refractivity contribution in [2.75, 3.05) is 14.7 Å². The predicted octanol–water partition coefficient (Wildman–Crippen LogP) is 16.3. The van der Waals surface area contributed by atoms with Gasteiger partial charge >= 0.3 is 0 Å². The number of allylic oxidation sites excluding steroid dienone is 13. The monoisotopic (exact) mass is 833 g/mol. The predicted molar refractivity (Wildman–Crippen MR) is 276 cm³/mol. The molecule has 5 aromatic carbocycles. The van der Waals surface area contributed by atoms with Gasteiger partial charge in [0.05, 0.1) is 6.04 Å². The lowest BCUT2D eigenvalue weighted by atomic mass is 9.79. The zero-order valence-corrected chi connectivity index (χ0v) is 36.9. The molecule has 0 amide bonds. The topological polar surface area (TPSA) is 9.72 Å². The van der Waals surface area contributed by atoms with Crippen molar-refractivity contribution in [3.63, 3.8) is 0 Å². The summed E-state index contributed by atoms with van der Waals surface area (Å²) in [5.74, 6) is 0.391. The van der Waals surface area contributed by atoms with E-state index in [0.29, 0.717) is 0 Å². The number of benzene rings is 5. The van der Waals surface area contributed by atoms with Gasteiger partial charge in [0.15, 0.2) is 0 Å². The number of hydrogen-bond acceptors (Lipinski definition) is 3. The molecule has 0 fully saturated rings. The molecule has 0 aliphatic heterocycles. The lowest BCUT2D eigenvalue weighted by molar-refractivity contribution is 0.578. The summed E-state index contributed by atoms with van der Waals surface area (Å²) in [7, 11) is 0. The molecular formula is C61H59N3. The third-order valence-corrected chi connectivity index (χ3v) is 12.4. The quantitative estimate of drug-likeness (QED) is 0.0643. The standard InChI is InChI=1S/C61H59N3/c1-5-21-47(7-3)61(50-23-13-9-14-24-50)51-35-41-57(42-36-51)62(52(8-4)22-6-2)56-37-31-48(32-38-56)49-33-39-58(40-34-49)64(55-29-19-12-20-30-55)60-45-43-59(44-46-60)63(53-25-15-10-16-26-53)54-27-17-11-18-28-54/h5-11,13-17,19,22-27,29-45,47,60-61H,1-4,12,18,20-21,28,46H2. The molecule has 64 heavy (non-hydrogen) atoms. The van der Waals surface area contributed by atoms with Crippen LogP contribution in [-0.2, 0) is 0 Å². The van der Waals surface area contributed by atoms with Gasteiger partial charge in [-0.1, -0.05) is 153 Å². The van der Waals surface area contributed by atoms with E-state index in [-0.39, 0.29) is 17.9 Å². The lowest BCUT2D eigenvalue weighted by Gasteiger charge is -2.37. The highest BCUT2D eigenvalue weighted by Gasteiger charge is 2.26. The summed E-state index contributed by atoms with van der Waals surface area (Å²) in [5, 5.41) is 0. The van der Waals surface area contributed by atoms with Crippen molar-refractivity contribution in [3.05, 3.63) is 279 Å². The van der Waals surface area contributed by atoms with Crippen molar-refractivity contribution >= 4 is 22.7 Å². The van der Waals surface area contributed by atoms with Crippen LogP contribution in [0, 0.1) is 5.92 Å². The Hall–Kier alpha value is -7.36. The van der Waals surface area contributed by atoms with E-state index < -0.39 is 0 Å². The molecule has 0 heterocycles. The maximum absolute atomic E-state index is 4.20. The fraction of sp³-hybridized carbons (Fsp3) is 0.148. The molecule has 318 valence electrons.